The first kappa shape index (κ1) is 28.1. The quantitative estimate of drug-likeness (QED) is 0.395. The van der Waals surface area contributed by atoms with Gasteiger partial charge in [-0.1, -0.05) is 42.5 Å². The number of hydrogen-bond acceptors (Lipinski definition) is 5. The maximum absolute atomic E-state index is 13.4. The van der Waals surface area contributed by atoms with E-state index < -0.39 is 6.43 Å². The largest absolute Gasteiger partial charge is 0.348 e. The van der Waals surface area contributed by atoms with Crippen molar-refractivity contribution in [1.29, 1.82) is 0 Å². The molecule has 0 bridgehead atoms. The van der Waals surface area contributed by atoms with Crippen LogP contribution in [0.5, 0.6) is 0 Å². The van der Waals surface area contributed by atoms with Gasteiger partial charge in [-0.05, 0) is 79.7 Å². The Morgan fingerprint density at radius 1 is 1.32 bits per heavy atom. The third-order valence-corrected chi connectivity index (χ3v) is 8.82. The van der Waals surface area contributed by atoms with Crippen LogP contribution in [0.2, 0.25) is 0 Å². The van der Waals surface area contributed by atoms with E-state index in [1.165, 1.54) is 18.2 Å². The molecule has 1 N–H and O–H groups in total. The van der Waals surface area contributed by atoms with Crippen molar-refractivity contribution >= 4 is 29.2 Å². The van der Waals surface area contributed by atoms with Gasteiger partial charge >= 0.3 is 0 Å². The summed E-state index contributed by atoms with van der Waals surface area (Å²) in [7, 11) is 0. The van der Waals surface area contributed by atoms with Gasteiger partial charge in [0, 0.05) is 29.7 Å². The summed E-state index contributed by atoms with van der Waals surface area (Å²) in [5, 5.41) is 11.4. The van der Waals surface area contributed by atoms with Crippen LogP contribution in [0.25, 0.3) is 0 Å². The molecule has 8 nitrogen and oxygen atoms in total. The van der Waals surface area contributed by atoms with Crippen molar-refractivity contribution in [3.8, 4) is 0 Å². The third-order valence-electron chi connectivity index (χ3n) is 8.54. The molecule has 212 valence electrons. The fraction of sp³-hybridized carbons (Fsp3) is 0.483. The molecule has 2 amide bonds. The molecular weight excluding hydrogens is 538 g/mol. The van der Waals surface area contributed by atoms with E-state index in [9.17, 15) is 18.4 Å². The van der Waals surface area contributed by atoms with Gasteiger partial charge in [0.1, 0.15) is 5.82 Å². The van der Waals surface area contributed by atoms with Crippen molar-refractivity contribution in [3.63, 3.8) is 0 Å². The zero-order valence-corrected chi connectivity index (χ0v) is 23.5. The fourth-order valence-electron chi connectivity index (χ4n) is 5.87. The smallest absolute Gasteiger partial charge is 0.273 e. The highest BCUT2D eigenvalue weighted by Gasteiger charge is 2.59. The van der Waals surface area contributed by atoms with Crippen LogP contribution < -0.4 is 10.2 Å². The number of aryl methyl sites for hydroxylation is 1. The maximum Gasteiger partial charge on any atom is 0.273 e. The average molecular weight is 571 g/mol. The van der Waals surface area contributed by atoms with Gasteiger partial charge in [-0.15, -0.1) is 5.10 Å². The number of nitrogens with zero attached hydrogens (tertiary/aromatic N) is 5. The Hall–Kier alpha value is -3.40. The lowest BCUT2D eigenvalue weighted by molar-refractivity contribution is -0.119. The highest BCUT2D eigenvalue weighted by molar-refractivity contribution is 6.31. The van der Waals surface area contributed by atoms with Crippen molar-refractivity contribution in [2.75, 3.05) is 11.4 Å². The first-order chi connectivity index (χ1) is 19.1. The first-order valence-corrected chi connectivity index (χ1v) is 13.9. The highest BCUT2D eigenvalue weighted by atomic mass is 35.5. The minimum atomic E-state index is -2.57. The second-order valence-electron chi connectivity index (χ2n) is 11.2. The van der Waals surface area contributed by atoms with Crippen LogP contribution in [0.1, 0.15) is 60.8 Å². The van der Waals surface area contributed by atoms with E-state index in [0.717, 1.165) is 17.7 Å². The van der Waals surface area contributed by atoms with Crippen molar-refractivity contribution in [3.05, 3.63) is 70.7 Å². The van der Waals surface area contributed by atoms with Gasteiger partial charge in [0.05, 0.1) is 12.2 Å². The molecular formula is C29H33ClF2N6O2. The van der Waals surface area contributed by atoms with Gasteiger partial charge < -0.3 is 5.32 Å². The summed E-state index contributed by atoms with van der Waals surface area (Å²) >= 11 is 5.82. The Bertz CT molecular complexity index is 1380. The number of anilines is 1. The van der Waals surface area contributed by atoms with Gasteiger partial charge in [-0.25, -0.2) is 18.4 Å². The van der Waals surface area contributed by atoms with Crippen LogP contribution in [-0.2, 0) is 4.79 Å². The topological polar surface area (TPSA) is 93.0 Å². The van der Waals surface area contributed by atoms with Crippen LogP contribution in [0.3, 0.4) is 0 Å². The van der Waals surface area contributed by atoms with E-state index in [2.05, 4.69) is 34.1 Å². The lowest BCUT2D eigenvalue weighted by atomic mass is 9.76. The maximum atomic E-state index is 13.4. The molecule has 2 aliphatic carbocycles. The lowest BCUT2D eigenvalue weighted by Crippen LogP contribution is -2.44. The number of alkyl halides is 2. The summed E-state index contributed by atoms with van der Waals surface area (Å²) in [5.41, 5.74) is 2.09. The van der Waals surface area contributed by atoms with E-state index in [1.807, 2.05) is 19.9 Å². The minimum absolute atomic E-state index is 0.0164. The van der Waals surface area contributed by atoms with Gasteiger partial charge in [0.2, 0.25) is 5.91 Å². The molecule has 1 aliphatic heterocycles. The van der Waals surface area contributed by atoms with E-state index in [4.69, 9.17) is 11.6 Å². The SMILES string of the molecule is C=C/C(Cl)=C\C=C(/CC1CC(NC(=O)c2cn(C(C)c3cnc(N4CC5C(C4=O)[C@@H]5C)cc3C)nn2)C1)C(F)F. The fourth-order valence-corrected chi connectivity index (χ4v) is 5.93. The molecule has 3 heterocycles. The second-order valence-corrected chi connectivity index (χ2v) is 11.6. The molecule has 40 heavy (non-hydrogen) atoms. The van der Waals surface area contributed by atoms with Crippen LogP contribution in [0.15, 0.2) is 53.9 Å². The van der Waals surface area contributed by atoms with E-state index in [-0.39, 0.29) is 53.4 Å². The molecule has 2 aromatic rings. The monoisotopic (exact) mass is 570 g/mol. The Morgan fingerprint density at radius 3 is 2.70 bits per heavy atom. The number of halogens is 3. The molecule has 3 fully saturated rings. The molecule has 3 unspecified atom stereocenters. The van der Waals surface area contributed by atoms with E-state index >= 15 is 0 Å². The number of rotatable bonds is 10. The van der Waals surface area contributed by atoms with Crippen LogP contribution in [0.4, 0.5) is 14.6 Å². The summed E-state index contributed by atoms with van der Waals surface area (Å²) in [6, 6.07) is 1.59. The number of pyridine rings is 1. The molecule has 0 radical (unpaired) electrons. The third kappa shape index (κ3) is 5.59. The number of fused-ring (bicyclic) bond motifs is 1. The predicted molar refractivity (Wildman–Crippen MR) is 148 cm³/mol. The molecule has 2 aromatic heterocycles. The zero-order chi connectivity index (χ0) is 28.7. The summed E-state index contributed by atoms with van der Waals surface area (Å²) in [4.78, 5) is 31.7. The minimum Gasteiger partial charge on any atom is -0.348 e. The standard InChI is InChI=1S/C29H33ClF2N6O2/c1-5-20(30)7-6-19(27(31)32)9-18-10-21(11-18)34-28(39)24-14-38(36-35-24)17(4)22-12-33-25(8-15(22)2)37-13-23-16(3)26(23)29(37)40/h5-8,12,14,16-18,21,23,26-27H,1,9-11,13H2,2-4H3,(H,34,39)/b19-6+,20-7+/t16-,17?,18?,21?,23?,26?/m1/s1. The number of hydrogen-bond donors (Lipinski definition) is 1. The Labute approximate surface area is 237 Å². The molecule has 0 spiro atoms. The van der Waals surface area contributed by atoms with Gasteiger partial charge in [0.15, 0.2) is 5.69 Å². The number of nitrogens with one attached hydrogen (secondary N) is 1. The average Bonchev–Trinajstić information content (AvgIpc) is 3.23. The molecule has 11 heteroatoms. The second kappa shape index (κ2) is 11.2. The summed E-state index contributed by atoms with van der Waals surface area (Å²) in [5.74, 6) is 1.59. The Kier molecular flexibility index (Phi) is 7.90. The van der Waals surface area contributed by atoms with Gasteiger partial charge in [-0.2, -0.15) is 0 Å². The van der Waals surface area contributed by atoms with Crippen molar-refractivity contribution < 1.29 is 18.4 Å². The number of allylic oxidation sites excluding steroid dienone is 5. The van der Waals surface area contributed by atoms with Crippen LogP contribution in [0, 0.1) is 30.6 Å². The number of aromatic nitrogens is 4. The normalized spacial score (nSPS) is 26.9. The van der Waals surface area contributed by atoms with Gasteiger partial charge in [-0.3, -0.25) is 14.5 Å². The Morgan fingerprint density at radius 2 is 2.08 bits per heavy atom. The summed E-state index contributed by atoms with van der Waals surface area (Å²) in [6.07, 6.45) is 6.40. The molecule has 2 saturated carbocycles. The van der Waals surface area contributed by atoms with Crippen molar-refractivity contribution in [2.24, 2.45) is 23.7 Å². The van der Waals surface area contributed by atoms with E-state index in [1.54, 1.807) is 22.0 Å². The number of amides is 2. The Balaban J connectivity index is 1.15. The predicted octanol–water partition coefficient (Wildman–Crippen LogP) is 5.22. The van der Waals surface area contributed by atoms with Crippen LogP contribution in [-0.4, -0.2) is 50.8 Å². The summed E-state index contributed by atoms with van der Waals surface area (Å²) < 4.78 is 28.4. The van der Waals surface area contributed by atoms with Gasteiger partial charge in [0.25, 0.3) is 12.3 Å². The van der Waals surface area contributed by atoms with Crippen LogP contribution >= 0.6 is 11.6 Å². The molecule has 3 aliphatic rings. The lowest BCUT2D eigenvalue weighted by Gasteiger charge is -2.36. The molecule has 1 saturated heterocycles. The highest BCUT2D eigenvalue weighted by Crippen LogP contribution is 2.52. The van der Waals surface area contributed by atoms with Crippen molar-refractivity contribution in [1.82, 2.24) is 25.3 Å². The summed E-state index contributed by atoms with van der Waals surface area (Å²) in [6.45, 7) is 10.3. The number of piperidine rings is 1. The van der Waals surface area contributed by atoms with Crippen molar-refractivity contribution in [2.45, 2.75) is 58.5 Å². The van der Waals surface area contributed by atoms with E-state index in [0.29, 0.717) is 35.5 Å². The molecule has 4 atom stereocenters. The first-order valence-electron chi connectivity index (χ1n) is 13.5. The number of carbonyl (C=O) groups is 2. The zero-order valence-electron chi connectivity index (χ0n) is 22.7. The number of carbonyl (C=O) groups excluding carboxylic acids is 2. The molecule has 5 rings (SSSR count). The molecule has 0 aromatic carbocycles.